The Morgan fingerprint density at radius 3 is 2.76 bits per heavy atom. The number of ether oxygens (including phenoxy) is 2. The molecule has 1 N–H and O–H groups in total. The van der Waals surface area contributed by atoms with E-state index in [9.17, 15) is 4.79 Å². The third-order valence-electron chi connectivity index (χ3n) is 3.76. The number of morpholine rings is 1. The summed E-state index contributed by atoms with van der Waals surface area (Å²) in [5.74, 6) is 0.838. The van der Waals surface area contributed by atoms with Gasteiger partial charge in [0.25, 0.3) is 0 Å². The molecule has 0 aromatic carbocycles. The summed E-state index contributed by atoms with van der Waals surface area (Å²) >= 11 is 0. The predicted octanol–water partition coefficient (Wildman–Crippen LogP) is 0.0740. The average molecular weight is 296 g/mol. The predicted molar refractivity (Wildman–Crippen MR) is 78.2 cm³/mol. The van der Waals surface area contributed by atoms with Gasteiger partial charge in [-0.2, -0.15) is 5.10 Å². The number of aryl methyl sites for hydroxylation is 2. The van der Waals surface area contributed by atoms with Crippen LogP contribution in [-0.4, -0.2) is 60.0 Å². The van der Waals surface area contributed by atoms with E-state index in [4.69, 9.17) is 9.47 Å². The van der Waals surface area contributed by atoms with Crippen LogP contribution in [0.4, 0.5) is 0 Å². The van der Waals surface area contributed by atoms with Crippen LogP contribution in [0.15, 0.2) is 0 Å². The Labute approximate surface area is 125 Å². The van der Waals surface area contributed by atoms with E-state index in [1.165, 1.54) is 0 Å². The first kappa shape index (κ1) is 15.8. The molecule has 7 nitrogen and oxygen atoms in total. The molecule has 1 amide bonds. The summed E-state index contributed by atoms with van der Waals surface area (Å²) in [5, 5.41) is 7.59. The fourth-order valence-electron chi connectivity index (χ4n) is 2.54. The molecule has 0 aliphatic carbocycles. The van der Waals surface area contributed by atoms with Crippen molar-refractivity contribution in [2.45, 2.75) is 26.4 Å². The van der Waals surface area contributed by atoms with E-state index in [0.717, 1.165) is 17.1 Å². The van der Waals surface area contributed by atoms with Gasteiger partial charge in [-0.1, -0.05) is 0 Å². The topological polar surface area (TPSA) is 68.6 Å². The lowest BCUT2D eigenvalue weighted by atomic mass is 10.2. The molecule has 1 unspecified atom stereocenters. The lowest BCUT2D eigenvalue weighted by Gasteiger charge is -2.29. The number of amides is 1. The molecule has 0 bridgehead atoms. The largest absolute Gasteiger partial charge is 0.481 e. The first-order valence-electron chi connectivity index (χ1n) is 7.21. The molecule has 21 heavy (non-hydrogen) atoms. The van der Waals surface area contributed by atoms with Crippen LogP contribution in [0.5, 0.6) is 5.88 Å². The third-order valence-corrected chi connectivity index (χ3v) is 3.76. The summed E-state index contributed by atoms with van der Waals surface area (Å²) in [7, 11) is 3.47. The minimum absolute atomic E-state index is 0.110. The molecular weight excluding hydrogens is 272 g/mol. The molecule has 2 heterocycles. The molecule has 7 heteroatoms. The van der Waals surface area contributed by atoms with Crippen LogP contribution >= 0.6 is 0 Å². The Morgan fingerprint density at radius 1 is 1.48 bits per heavy atom. The van der Waals surface area contributed by atoms with Crippen molar-refractivity contribution in [2.75, 3.05) is 33.4 Å². The zero-order chi connectivity index (χ0) is 15.4. The highest BCUT2D eigenvalue weighted by molar-refractivity contribution is 5.81. The zero-order valence-electron chi connectivity index (χ0n) is 13.2. The lowest BCUT2D eigenvalue weighted by Crippen LogP contribution is -2.49. The van der Waals surface area contributed by atoms with Crippen molar-refractivity contribution in [3.8, 4) is 5.88 Å². The van der Waals surface area contributed by atoms with E-state index in [0.29, 0.717) is 32.8 Å². The summed E-state index contributed by atoms with van der Waals surface area (Å²) in [6, 6.07) is -0.243. The third kappa shape index (κ3) is 3.54. The molecule has 1 atom stereocenters. The van der Waals surface area contributed by atoms with Gasteiger partial charge in [0, 0.05) is 26.7 Å². The van der Waals surface area contributed by atoms with Gasteiger partial charge >= 0.3 is 0 Å². The number of rotatable bonds is 5. The SMILES string of the molecule is COc1c(CNC(C)C(=O)N2CCOCC2)c(C)nn1C. The van der Waals surface area contributed by atoms with E-state index in [2.05, 4.69) is 10.4 Å². The van der Waals surface area contributed by atoms with Crippen LogP contribution in [0.25, 0.3) is 0 Å². The fourth-order valence-corrected chi connectivity index (χ4v) is 2.54. The number of aromatic nitrogens is 2. The number of hydrogen-bond donors (Lipinski definition) is 1. The molecule has 1 aliphatic rings. The van der Waals surface area contributed by atoms with Crippen molar-refractivity contribution in [3.05, 3.63) is 11.3 Å². The summed E-state index contributed by atoms with van der Waals surface area (Å²) in [5.41, 5.74) is 1.90. The zero-order valence-corrected chi connectivity index (χ0v) is 13.2. The Morgan fingerprint density at radius 2 is 2.14 bits per heavy atom. The second kappa shape index (κ2) is 6.91. The summed E-state index contributed by atoms with van der Waals surface area (Å²) in [4.78, 5) is 14.2. The molecule has 2 rings (SSSR count). The van der Waals surface area contributed by atoms with Crippen LogP contribution in [0.3, 0.4) is 0 Å². The number of nitrogens with one attached hydrogen (secondary N) is 1. The van der Waals surface area contributed by atoms with E-state index in [1.54, 1.807) is 11.8 Å². The van der Waals surface area contributed by atoms with Gasteiger partial charge in [-0.3, -0.25) is 4.79 Å². The van der Waals surface area contributed by atoms with Gasteiger partial charge in [0.15, 0.2) is 0 Å². The minimum atomic E-state index is -0.243. The highest BCUT2D eigenvalue weighted by Gasteiger charge is 2.23. The number of nitrogens with zero attached hydrogens (tertiary/aromatic N) is 3. The van der Waals surface area contributed by atoms with Gasteiger partial charge in [-0.05, 0) is 13.8 Å². The number of carbonyl (C=O) groups is 1. The van der Waals surface area contributed by atoms with Gasteiger partial charge in [0.1, 0.15) is 0 Å². The Hall–Kier alpha value is -1.60. The minimum Gasteiger partial charge on any atom is -0.481 e. The standard InChI is InChI=1S/C14H24N4O3/c1-10-12(14(20-4)17(3)16-10)9-15-11(2)13(19)18-5-7-21-8-6-18/h11,15H,5-9H2,1-4H3. The summed E-state index contributed by atoms with van der Waals surface area (Å²) in [6.45, 7) is 6.95. The lowest BCUT2D eigenvalue weighted by molar-refractivity contribution is -0.137. The van der Waals surface area contributed by atoms with Crippen LogP contribution in [-0.2, 0) is 23.1 Å². The van der Waals surface area contributed by atoms with Gasteiger partial charge in [-0.25, -0.2) is 4.68 Å². The number of methoxy groups -OCH3 is 1. The van der Waals surface area contributed by atoms with Crippen molar-refractivity contribution in [2.24, 2.45) is 7.05 Å². The fraction of sp³-hybridized carbons (Fsp3) is 0.714. The quantitative estimate of drug-likeness (QED) is 0.833. The van der Waals surface area contributed by atoms with Gasteiger partial charge in [0.2, 0.25) is 11.8 Å². The average Bonchev–Trinajstić information content (AvgIpc) is 2.78. The molecule has 1 aliphatic heterocycles. The molecule has 1 saturated heterocycles. The van der Waals surface area contributed by atoms with E-state index < -0.39 is 0 Å². The number of hydrogen-bond acceptors (Lipinski definition) is 5. The molecule has 0 saturated carbocycles. The van der Waals surface area contributed by atoms with Gasteiger partial charge < -0.3 is 19.7 Å². The van der Waals surface area contributed by atoms with Crippen molar-refractivity contribution in [1.29, 1.82) is 0 Å². The summed E-state index contributed by atoms with van der Waals surface area (Å²) in [6.07, 6.45) is 0. The Kier molecular flexibility index (Phi) is 5.19. The maximum Gasteiger partial charge on any atom is 0.239 e. The Bertz CT molecular complexity index is 495. The monoisotopic (exact) mass is 296 g/mol. The maximum atomic E-state index is 12.3. The highest BCUT2D eigenvalue weighted by atomic mass is 16.5. The van der Waals surface area contributed by atoms with E-state index in [-0.39, 0.29) is 11.9 Å². The molecule has 118 valence electrons. The molecule has 1 aromatic rings. The van der Waals surface area contributed by atoms with Crippen LogP contribution < -0.4 is 10.1 Å². The second-order valence-corrected chi connectivity index (χ2v) is 5.24. The second-order valence-electron chi connectivity index (χ2n) is 5.24. The first-order valence-corrected chi connectivity index (χ1v) is 7.21. The molecule has 0 spiro atoms. The van der Waals surface area contributed by atoms with Crippen LogP contribution in [0, 0.1) is 6.92 Å². The smallest absolute Gasteiger partial charge is 0.239 e. The van der Waals surface area contributed by atoms with Gasteiger partial charge in [0.05, 0.1) is 37.6 Å². The Balaban J connectivity index is 1.94. The van der Waals surface area contributed by atoms with Crippen molar-refractivity contribution >= 4 is 5.91 Å². The summed E-state index contributed by atoms with van der Waals surface area (Å²) < 4.78 is 12.3. The van der Waals surface area contributed by atoms with E-state index >= 15 is 0 Å². The normalized spacial score (nSPS) is 16.9. The highest BCUT2D eigenvalue weighted by Crippen LogP contribution is 2.20. The van der Waals surface area contributed by atoms with Crippen LogP contribution in [0.2, 0.25) is 0 Å². The van der Waals surface area contributed by atoms with Crippen molar-refractivity contribution < 1.29 is 14.3 Å². The molecule has 1 aromatic heterocycles. The molecule has 0 radical (unpaired) electrons. The first-order chi connectivity index (χ1) is 10.0. The maximum absolute atomic E-state index is 12.3. The van der Waals surface area contributed by atoms with E-state index in [1.807, 2.05) is 25.8 Å². The van der Waals surface area contributed by atoms with Crippen molar-refractivity contribution in [3.63, 3.8) is 0 Å². The van der Waals surface area contributed by atoms with Crippen LogP contribution in [0.1, 0.15) is 18.2 Å². The molecule has 1 fully saturated rings. The molecular formula is C14H24N4O3. The number of carbonyl (C=O) groups excluding carboxylic acids is 1. The van der Waals surface area contributed by atoms with Crippen molar-refractivity contribution in [1.82, 2.24) is 20.0 Å². The van der Waals surface area contributed by atoms with Gasteiger partial charge in [-0.15, -0.1) is 0 Å².